The molecular formula is C21H25F2N2O5+. The van der Waals surface area contributed by atoms with Crippen molar-refractivity contribution in [1.82, 2.24) is 0 Å². The van der Waals surface area contributed by atoms with Crippen LogP contribution < -0.4 is 19.7 Å². The molecule has 2 rings (SSSR count). The molecule has 2 N–H and O–H groups in total. The number of benzene rings is 2. The number of quaternary nitrogens is 1. The van der Waals surface area contributed by atoms with Crippen molar-refractivity contribution in [2.45, 2.75) is 20.1 Å². The van der Waals surface area contributed by atoms with Crippen molar-refractivity contribution in [1.29, 1.82) is 0 Å². The first-order valence-corrected chi connectivity index (χ1v) is 9.15. The Kier molecular flexibility index (Phi) is 8.11. The van der Waals surface area contributed by atoms with Crippen molar-refractivity contribution in [3.63, 3.8) is 0 Å². The minimum Gasteiger partial charge on any atom is -0.493 e. The van der Waals surface area contributed by atoms with E-state index in [0.29, 0.717) is 17.8 Å². The lowest BCUT2D eigenvalue weighted by Crippen LogP contribution is -3.08. The molecule has 2 aromatic rings. The van der Waals surface area contributed by atoms with Gasteiger partial charge >= 0.3 is 12.6 Å². The molecule has 1 unspecified atom stereocenters. The van der Waals surface area contributed by atoms with E-state index in [-0.39, 0.29) is 24.0 Å². The number of aryl methyl sites for hydroxylation is 1. The summed E-state index contributed by atoms with van der Waals surface area (Å²) in [6.07, 6.45) is 0. The summed E-state index contributed by atoms with van der Waals surface area (Å²) in [5, 5.41) is 2.80. The smallest absolute Gasteiger partial charge is 0.387 e. The maximum Gasteiger partial charge on any atom is 0.387 e. The Morgan fingerprint density at radius 1 is 1.10 bits per heavy atom. The fraction of sp³-hybridized carbons (Fsp3) is 0.333. The van der Waals surface area contributed by atoms with Crippen LogP contribution in [0.5, 0.6) is 11.5 Å². The highest BCUT2D eigenvalue weighted by atomic mass is 19.3. The van der Waals surface area contributed by atoms with E-state index in [9.17, 15) is 18.4 Å². The largest absolute Gasteiger partial charge is 0.493 e. The van der Waals surface area contributed by atoms with Crippen LogP contribution in [0.3, 0.4) is 0 Å². The van der Waals surface area contributed by atoms with Gasteiger partial charge < -0.3 is 24.4 Å². The zero-order chi connectivity index (χ0) is 22.3. The van der Waals surface area contributed by atoms with Gasteiger partial charge in [0, 0.05) is 11.3 Å². The molecule has 0 aliphatic carbocycles. The number of likely N-dealkylation sites (N-methyl/N-ethyl adjacent to an activating group) is 1. The number of ether oxygens (including phenoxy) is 3. The Hall–Kier alpha value is -3.20. The summed E-state index contributed by atoms with van der Waals surface area (Å²) in [5.41, 5.74) is 2.49. The molecule has 1 atom stereocenters. The fourth-order valence-corrected chi connectivity index (χ4v) is 2.90. The van der Waals surface area contributed by atoms with E-state index in [1.807, 2.05) is 14.0 Å². The second kappa shape index (κ2) is 10.5. The number of halogens is 2. The average molecular weight is 423 g/mol. The zero-order valence-electron chi connectivity index (χ0n) is 17.3. The Morgan fingerprint density at radius 2 is 1.83 bits per heavy atom. The summed E-state index contributed by atoms with van der Waals surface area (Å²) in [7, 11) is 4.49. The van der Waals surface area contributed by atoms with E-state index in [0.717, 1.165) is 16.0 Å². The van der Waals surface area contributed by atoms with Crippen LogP contribution >= 0.6 is 0 Å². The van der Waals surface area contributed by atoms with Gasteiger partial charge in [0.05, 0.1) is 26.8 Å². The third-order valence-corrected chi connectivity index (χ3v) is 4.35. The molecule has 2 aromatic carbocycles. The van der Waals surface area contributed by atoms with Gasteiger partial charge in [0.1, 0.15) is 6.54 Å². The Balaban J connectivity index is 2.00. The number of nitrogens with one attached hydrogen (secondary N) is 2. The molecule has 30 heavy (non-hydrogen) atoms. The first-order valence-electron chi connectivity index (χ1n) is 9.15. The lowest BCUT2D eigenvalue weighted by molar-refractivity contribution is -0.885. The summed E-state index contributed by atoms with van der Waals surface area (Å²) in [6, 6.07) is 9.59. The Labute approximate surface area is 173 Å². The highest BCUT2D eigenvalue weighted by molar-refractivity contribution is 5.95. The topological polar surface area (TPSA) is 78.3 Å². The third kappa shape index (κ3) is 6.41. The third-order valence-electron chi connectivity index (χ3n) is 4.35. The Morgan fingerprint density at radius 3 is 2.47 bits per heavy atom. The number of amides is 1. The second-order valence-corrected chi connectivity index (χ2v) is 6.74. The molecule has 9 heteroatoms. The quantitative estimate of drug-likeness (QED) is 0.604. The summed E-state index contributed by atoms with van der Waals surface area (Å²) >= 11 is 0. The number of carbonyl (C=O) groups excluding carboxylic acids is 2. The summed E-state index contributed by atoms with van der Waals surface area (Å²) in [5.74, 6) is -0.573. The van der Waals surface area contributed by atoms with Crippen LogP contribution in [0.4, 0.5) is 14.5 Å². The van der Waals surface area contributed by atoms with Crippen LogP contribution in [0.15, 0.2) is 36.4 Å². The number of hydrogen-bond acceptors (Lipinski definition) is 5. The van der Waals surface area contributed by atoms with Crippen LogP contribution in [-0.4, -0.2) is 46.3 Å². The molecule has 0 spiro atoms. The van der Waals surface area contributed by atoms with Crippen molar-refractivity contribution in [3.8, 4) is 11.5 Å². The van der Waals surface area contributed by atoms with Gasteiger partial charge in [-0.25, -0.2) is 4.79 Å². The van der Waals surface area contributed by atoms with E-state index in [2.05, 4.69) is 10.1 Å². The molecule has 162 valence electrons. The van der Waals surface area contributed by atoms with Crippen LogP contribution in [0.25, 0.3) is 0 Å². The summed E-state index contributed by atoms with van der Waals surface area (Å²) in [6.45, 7) is -0.509. The monoisotopic (exact) mass is 423 g/mol. The SMILES string of the molecule is COC(=O)c1ccc(C)c(NC(=O)C[NH+](C)Cc2ccc(OC(F)F)c(OC)c2)c1. The van der Waals surface area contributed by atoms with E-state index in [1.165, 1.54) is 20.3 Å². The number of methoxy groups -OCH3 is 2. The minimum atomic E-state index is -2.94. The molecule has 0 saturated carbocycles. The van der Waals surface area contributed by atoms with Crippen LogP contribution in [-0.2, 0) is 16.1 Å². The molecule has 0 aliphatic rings. The van der Waals surface area contributed by atoms with Crippen molar-refractivity contribution in [2.24, 2.45) is 0 Å². The molecule has 1 amide bonds. The fourth-order valence-electron chi connectivity index (χ4n) is 2.90. The molecule has 0 heterocycles. The van der Waals surface area contributed by atoms with Crippen LogP contribution in [0.2, 0.25) is 0 Å². The molecule has 0 bridgehead atoms. The van der Waals surface area contributed by atoms with Crippen molar-refractivity contribution >= 4 is 17.6 Å². The predicted octanol–water partition coefficient (Wildman–Crippen LogP) is 2.05. The van der Waals surface area contributed by atoms with Gasteiger partial charge in [-0.05, 0) is 42.8 Å². The van der Waals surface area contributed by atoms with Gasteiger partial charge in [-0.15, -0.1) is 0 Å². The second-order valence-electron chi connectivity index (χ2n) is 6.74. The average Bonchev–Trinajstić information content (AvgIpc) is 2.69. The lowest BCUT2D eigenvalue weighted by atomic mass is 10.1. The maximum absolute atomic E-state index is 12.4. The number of rotatable bonds is 9. The molecular weight excluding hydrogens is 398 g/mol. The molecule has 0 saturated heterocycles. The van der Waals surface area contributed by atoms with Gasteiger partial charge in [-0.2, -0.15) is 8.78 Å². The van der Waals surface area contributed by atoms with E-state index < -0.39 is 12.6 Å². The number of esters is 1. The maximum atomic E-state index is 12.4. The minimum absolute atomic E-state index is 0.0485. The number of alkyl halides is 2. The Bertz CT molecular complexity index is 905. The predicted molar refractivity (Wildman–Crippen MR) is 106 cm³/mol. The molecule has 0 radical (unpaired) electrons. The zero-order valence-corrected chi connectivity index (χ0v) is 17.3. The number of anilines is 1. The van der Waals surface area contributed by atoms with Crippen LogP contribution in [0, 0.1) is 6.92 Å². The lowest BCUT2D eigenvalue weighted by Gasteiger charge is -2.16. The van der Waals surface area contributed by atoms with E-state index in [4.69, 9.17) is 9.47 Å². The van der Waals surface area contributed by atoms with Gasteiger partial charge in [-0.3, -0.25) is 4.79 Å². The first-order chi connectivity index (χ1) is 14.2. The van der Waals surface area contributed by atoms with Crippen molar-refractivity contribution in [2.75, 3.05) is 33.1 Å². The highest BCUT2D eigenvalue weighted by Gasteiger charge is 2.16. The normalized spacial score (nSPS) is 11.7. The molecule has 0 aromatic heterocycles. The summed E-state index contributed by atoms with van der Waals surface area (Å²) < 4.78 is 39.1. The number of hydrogen-bond donors (Lipinski definition) is 2. The van der Waals surface area contributed by atoms with Crippen LogP contribution in [0.1, 0.15) is 21.5 Å². The molecule has 0 fully saturated rings. The highest BCUT2D eigenvalue weighted by Crippen LogP contribution is 2.29. The van der Waals surface area contributed by atoms with E-state index in [1.54, 1.807) is 30.3 Å². The molecule has 0 aliphatic heterocycles. The van der Waals surface area contributed by atoms with Gasteiger partial charge in [-0.1, -0.05) is 6.07 Å². The number of carbonyl (C=O) groups is 2. The summed E-state index contributed by atoms with van der Waals surface area (Å²) in [4.78, 5) is 25.0. The van der Waals surface area contributed by atoms with Crippen molar-refractivity contribution in [3.05, 3.63) is 53.1 Å². The van der Waals surface area contributed by atoms with Gasteiger partial charge in [0.25, 0.3) is 5.91 Å². The first kappa shape index (κ1) is 23.1. The molecule has 7 nitrogen and oxygen atoms in total. The van der Waals surface area contributed by atoms with E-state index >= 15 is 0 Å². The standard InChI is InChI=1S/C21H24F2N2O5/c1-13-5-7-15(20(27)29-4)10-16(13)24-19(26)12-25(2)11-14-6-8-17(30-21(22)23)18(9-14)28-3/h5-10,21H,11-12H2,1-4H3,(H,24,26)/p+1. The van der Waals surface area contributed by atoms with Crippen molar-refractivity contribution < 1.29 is 37.5 Å². The van der Waals surface area contributed by atoms with Gasteiger partial charge in [0.2, 0.25) is 0 Å². The van der Waals surface area contributed by atoms with Gasteiger partial charge in [0.15, 0.2) is 18.0 Å².